The summed E-state index contributed by atoms with van der Waals surface area (Å²) in [4.78, 5) is 11.7. The van der Waals surface area contributed by atoms with Crippen molar-refractivity contribution in [1.82, 2.24) is 10.6 Å². The first-order valence-electron chi connectivity index (χ1n) is 7.27. The van der Waals surface area contributed by atoms with Crippen LogP contribution in [0.2, 0.25) is 5.02 Å². The monoisotopic (exact) mass is 330 g/mol. The molecule has 23 heavy (non-hydrogen) atoms. The van der Waals surface area contributed by atoms with Gasteiger partial charge in [-0.3, -0.25) is 0 Å². The molecule has 2 N–H and O–H groups in total. The number of hydrogen-bond donors (Lipinski definition) is 2. The summed E-state index contributed by atoms with van der Waals surface area (Å²) in [5.74, 6) is 0.823. The fourth-order valence-electron chi connectivity index (χ4n) is 1.98. The zero-order chi connectivity index (χ0) is 16.5. The SMILES string of the molecule is COc1ccc(CCNC(=O)N/C=C/c2ccccc2Cl)cc1. The van der Waals surface area contributed by atoms with Gasteiger partial charge < -0.3 is 15.4 Å². The second-order valence-electron chi connectivity index (χ2n) is 4.85. The minimum absolute atomic E-state index is 0.248. The highest BCUT2D eigenvalue weighted by atomic mass is 35.5. The lowest BCUT2D eigenvalue weighted by molar-refractivity contribution is 0.244. The highest BCUT2D eigenvalue weighted by Gasteiger charge is 1.99. The minimum Gasteiger partial charge on any atom is -0.497 e. The average molecular weight is 331 g/mol. The van der Waals surface area contributed by atoms with Gasteiger partial charge >= 0.3 is 6.03 Å². The van der Waals surface area contributed by atoms with E-state index in [1.165, 1.54) is 0 Å². The zero-order valence-corrected chi connectivity index (χ0v) is 13.6. The number of halogens is 1. The molecule has 0 aliphatic carbocycles. The number of amides is 2. The van der Waals surface area contributed by atoms with Crippen molar-refractivity contribution in [3.63, 3.8) is 0 Å². The minimum atomic E-state index is -0.248. The Morgan fingerprint density at radius 1 is 1.17 bits per heavy atom. The molecular weight excluding hydrogens is 312 g/mol. The number of benzene rings is 2. The molecule has 120 valence electrons. The first-order valence-corrected chi connectivity index (χ1v) is 7.65. The standard InChI is InChI=1S/C18H19ClN2O2/c1-23-16-8-6-14(7-9-16)10-12-20-18(22)21-13-11-15-4-2-3-5-17(15)19/h2-9,11,13H,10,12H2,1H3,(H2,20,21,22)/b13-11+. The number of urea groups is 1. The fourth-order valence-corrected chi connectivity index (χ4v) is 2.18. The van der Waals surface area contributed by atoms with E-state index in [9.17, 15) is 4.79 Å². The Bertz CT molecular complexity index is 669. The van der Waals surface area contributed by atoms with Crippen molar-refractivity contribution >= 4 is 23.7 Å². The maximum Gasteiger partial charge on any atom is 0.318 e. The van der Waals surface area contributed by atoms with Crippen LogP contribution in [0.15, 0.2) is 54.7 Å². The summed E-state index contributed by atoms with van der Waals surface area (Å²) in [5.41, 5.74) is 1.99. The Morgan fingerprint density at radius 3 is 2.61 bits per heavy atom. The maximum absolute atomic E-state index is 11.7. The molecule has 0 bridgehead atoms. The van der Waals surface area contributed by atoms with Crippen molar-refractivity contribution in [2.24, 2.45) is 0 Å². The predicted molar refractivity (Wildman–Crippen MR) is 93.7 cm³/mol. The van der Waals surface area contributed by atoms with Gasteiger partial charge in [-0.15, -0.1) is 0 Å². The van der Waals surface area contributed by atoms with Gasteiger partial charge in [0.2, 0.25) is 0 Å². The Hall–Kier alpha value is -2.46. The van der Waals surface area contributed by atoms with Crippen molar-refractivity contribution in [2.75, 3.05) is 13.7 Å². The predicted octanol–water partition coefficient (Wildman–Crippen LogP) is 3.86. The van der Waals surface area contributed by atoms with E-state index < -0.39 is 0 Å². The third kappa shape index (κ3) is 5.68. The average Bonchev–Trinajstić information content (AvgIpc) is 2.57. The second-order valence-corrected chi connectivity index (χ2v) is 5.26. The molecular formula is C18H19ClN2O2. The van der Waals surface area contributed by atoms with E-state index in [0.717, 1.165) is 23.3 Å². The van der Waals surface area contributed by atoms with Crippen LogP contribution in [0.4, 0.5) is 4.79 Å². The lowest BCUT2D eigenvalue weighted by Gasteiger charge is -2.06. The molecule has 4 nitrogen and oxygen atoms in total. The summed E-state index contributed by atoms with van der Waals surface area (Å²) in [5, 5.41) is 6.09. The van der Waals surface area contributed by atoms with Gasteiger partial charge in [-0.2, -0.15) is 0 Å². The molecule has 0 aliphatic heterocycles. The van der Waals surface area contributed by atoms with Crippen LogP contribution in [-0.4, -0.2) is 19.7 Å². The van der Waals surface area contributed by atoms with Gasteiger partial charge in [0.15, 0.2) is 0 Å². The van der Waals surface area contributed by atoms with Gasteiger partial charge in [-0.1, -0.05) is 41.9 Å². The second kappa shape index (κ2) is 8.86. The molecule has 0 aliphatic rings. The maximum atomic E-state index is 11.7. The highest BCUT2D eigenvalue weighted by Crippen LogP contribution is 2.15. The van der Waals surface area contributed by atoms with Crippen molar-refractivity contribution < 1.29 is 9.53 Å². The topological polar surface area (TPSA) is 50.4 Å². The molecule has 0 fully saturated rings. The summed E-state index contributed by atoms with van der Waals surface area (Å²) >= 11 is 6.02. The molecule has 0 spiro atoms. The van der Waals surface area contributed by atoms with Gasteiger partial charge in [0.1, 0.15) is 5.75 Å². The largest absolute Gasteiger partial charge is 0.497 e. The third-order valence-corrected chi connectivity index (χ3v) is 3.59. The lowest BCUT2D eigenvalue weighted by Crippen LogP contribution is -2.33. The number of rotatable bonds is 6. The number of nitrogens with one attached hydrogen (secondary N) is 2. The molecule has 0 aromatic heterocycles. The zero-order valence-electron chi connectivity index (χ0n) is 12.9. The molecule has 0 atom stereocenters. The van der Waals surface area contributed by atoms with E-state index in [2.05, 4.69) is 10.6 Å². The van der Waals surface area contributed by atoms with E-state index in [0.29, 0.717) is 11.6 Å². The fraction of sp³-hybridized carbons (Fsp3) is 0.167. The first kappa shape index (κ1) is 16.9. The lowest BCUT2D eigenvalue weighted by atomic mass is 10.1. The molecule has 0 saturated heterocycles. The molecule has 2 aromatic rings. The van der Waals surface area contributed by atoms with Crippen LogP contribution in [0.3, 0.4) is 0 Å². The van der Waals surface area contributed by atoms with Crippen LogP contribution in [-0.2, 0) is 6.42 Å². The normalized spacial score (nSPS) is 10.5. The molecule has 2 aromatic carbocycles. The van der Waals surface area contributed by atoms with Crippen LogP contribution in [0, 0.1) is 0 Å². The molecule has 0 radical (unpaired) electrons. The summed E-state index contributed by atoms with van der Waals surface area (Å²) in [7, 11) is 1.64. The van der Waals surface area contributed by atoms with Gasteiger partial charge in [0.05, 0.1) is 7.11 Å². The number of carbonyl (C=O) groups excluding carboxylic acids is 1. The number of ether oxygens (including phenoxy) is 1. The third-order valence-electron chi connectivity index (χ3n) is 3.24. The number of hydrogen-bond acceptors (Lipinski definition) is 2. The Morgan fingerprint density at radius 2 is 1.91 bits per heavy atom. The van der Waals surface area contributed by atoms with E-state index in [4.69, 9.17) is 16.3 Å². The van der Waals surface area contributed by atoms with Gasteiger partial charge in [0, 0.05) is 17.8 Å². The van der Waals surface area contributed by atoms with E-state index in [1.54, 1.807) is 25.5 Å². The van der Waals surface area contributed by atoms with Crippen molar-refractivity contribution in [3.8, 4) is 5.75 Å². The summed E-state index contributed by atoms with van der Waals surface area (Å²) in [6, 6.07) is 15.0. The molecule has 0 saturated carbocycles. The van der Waals surface area contributed by atoms with Gasteiger partial charge in [0.25, 0.3) is 0 Å². The molecule has 2 rings (SSSR count). The van der Waals surface area contributed by atoms with Crippen molar-refractivity contribution in [3.05, 3.63) is 70.9 Å². The van der Waals surface area contributed by atoms with Crippen molar-refractivity contribution in [1.29, 1.82) is 0 Å². The summed E-state index contributed by atoms with van der Waals surface area (Å²) in [6.07, 6.45) is 4.08. The van der Waals surface area contributed by atoms with Crippen LogP contribution >= 0.6 is 11.6 Å². The number of methoxy groups -OCH3 is 1. The van der Waals surface area contributed by atoms with E-state index in [1.807, 2.05) is 42.5 Å². The highest BCUT2D eigenvalue weighted by molar-refractivity contribution is 6.32. The van der Waals surface area contributed by atoms with E-state index >= 15 is 0 Å². The Balaban J connectivity index is 1.71. The van der Waals surface area contributed by atoms with Crippen LogP contribution in [0.1, 0.15) is 11.1 Å². The first-order chi connectivity index (χ1) is 11.2. The van der Waals surface area contributed by atoms with Crippen LogP contribution in [0.5, 0.6) is 5.75 Å². The smallest absolute Gasteiger partial charge is 0.318 e. The van der Waals surface area contributed by atoms with Gasteiger partial charge in [-0.25, -0.2) is 4.79 Å². The molecule has 2 amide bonds. The molecule has 0 unspecified atom stereocenters. The Kier molecular flexibility index (Phi) is 6.51. The quantitative estimate of drug-likeness (QED) is 0.845. The van der Waals surface area contributed by atoms with Gasteiger partial charge in [-0.05, 0) is 41.8 Å². The van der Waals surface area contributed by atoms with Crippen LogP contribution < -0.4 is 15.4 Å². The van der Waals surface area contributed by atoms with Crippen LogP contribution in [0.25, 0.3) is 6.08 Å². The van der Waals surface area contributed by atoms with E-state index in [-0.39, 0.29) is 6.03 Å². The Labute approximate surface area is 141 Å². The summed E-state index contributed by atoms with van der Waals surface area (Å²) < 4.78 is 5.10. The number of carbonyl (C=O) groups is 1. The molecule has 5 heteroatoms. The van der Waals surface area contributed by atoms with Crippen molar-refractivity contribution in [2.45, 2.75) is 6.42 Å². The summed E-state index contributed by atoms with van der Waals surface area (Å²) in [6.45, 7) is 0.554. The molecule has 0 heterocycles.